The second-order valence-corrected chi connectivity index (χ2v) is 6.97. The van der Waals surface area contributed by atoms with Gasteiger partial charge >= 0.3 is 0 Å². The van der Waals surface area contributed by atoms with Gasteiger partial charge in [-0.15, -0.1) is 11.3 Å². The van der Waals surface area contributed by atoms with Crippen molar-refractivity contribution in [1.82, 2.24) is 15.0 Å². The molecule has 1 atom stereocenters. The lowest BCUT2D eigenvalue weighted by atomic mass is 10.1. The van der Waals surface area contributed by atoms with Crippen LogP contribution in [0.25, 0.3) is 11.0 Å². The van der Waals surface area contributed by atoms with E-state index in [1.807, 2.05) is 25.2 Å². The number of nitrogens with one attached hydrogen (secondary N) is 1. The van der Waals surface area contributed by atoms with E-state index >= 15 is 0 Å². The van der Waals surface area contributed by atoms with Crippen molar-refractivity contribution in [3.8, 4) is 0 Å². The molecule has 4 nitrogen and oxygen atoms in total. The molecule has 20 heavy (non-hydrogen) atoms. The fourth-order valence-electron chi connectivity index (χ4n) is 2.34. The maximum Gasteiger partial charge on any atom is 0.111 e. The Morgan fingerprint density at radius 3 is 2.90 bits per heavy atom. The van der Waals surface area contributed by atoms with E-state index in [2.05, 4.69) is 43.4 Å². The third-order valence-electron chi connectivity index (χ3n) is 3.46. The van der Waals surface area contributed by atoms with E-state index in [9.17, 15) is 0 Å². The molecule has 6 heteroatoms. The van der Waals surface area contributed by atoms with Crippen molar-refractivity contribution >= 4 is 38.3 Å². The molecular weight excluding hydrogens is 336 g/mol. The van der Waals surface area contributed by atoms with Crippen molar-refractivity contribution in [3.63, 3.8) is 0 Å². The summed E-state index contributed by atoms with van der Waals surface area (Å²) >= 11 is 5.15. The summed E-state index contributed by atoms with van der Waals surface area (Å²) < 4.78 is 3.24. The smallest absolute Gasteiger partial charge is 0.111 e. The normalized spacial score (nSPS) is 12.9. The predicted molar refractivity (Wildman–Crippen MR) is 86.5 cm³/mol. The summed E-state index contributed by atoms with van der Waals surface area (Å²) in [5.41, 5.74) is 6.23. The van der Waals surface area contributed by atoms with Gasteiger partial charge in [0, 0.05) is 13.5 Å². The fraction of sp³-hybridized carbons (Fsp3) is 0.214. The SMILES string of the molecule is Cn1c(CC(NN)c2csc(Br)c2)nc2ccccc21. The van der Waals surface area contributed by atoms with Crippen molar-refractivity contribution in [1.29, 1.82) is 0 Å². The summed E-state index contributed by atoms with van der Waals surface area (Å²) in [6, 6.07) is 10.3. The van der Waals surface area contributed by atoms with Gasteiger partial charge in [0.05, 0.1) is 20.9 Å². The van der Waals surface area contributed by atoms with Gasteiger partial charge in [-0.1, -0.05) is 12.1 Å². The largest absolute Gasteiger partial charge is 0.331 e. The molecule has 0 aliphatic carbocycles. The van der Waals surface area contributed by atoms with Crippen LogP contribution < -0.4 is 11.3 Å². The Labute approximate surface area is 129 Å². The van der Waals surface area contributed by atoms with Gasteiger partial charge in [0.2, 0.25) is 0 Å². The summed E-state index contributed by atoms with van der Waals surface area (Å²) in [5, 5.41) is 2.11. The maximum absolute atomic E-state index is 5.71. The molecule has 0 aliphatic rings. The Bertz CT molecular complexity index is 734. The number of halogens is 1. The highest BCUT2D eigenvalue weighted by molar-refractivity contribution is 9.11. The van der Waals surface area contributed by atoms with Crippen LogP contribution in [0.5, 0.6) is 0 Å². The van der Waals surface area contributed by atoms with Gasteiger partial charge in [0.25, 0.3) is 0 Å². The third-order valence-corrected chi connectivity index (χ3v) is 4.98. The number of nitrogens with two attached hydrogens (primary N) is 1. The number of hydrogen-bond acceptors (Lipinski definition) is 4. The van der Waals surface area contributed by atoms with Crippen molar-refractivity contribution in [2.45, 2.75) is 12.5 Å². The topological polar surface area (TPSA) is 55.9 Å². The first-order chi connectivity index (χ1) is 9.69. The molecule has 0 radical (unpaired) electrons. The third kappa shape index (κ3) is 2.52. The second-order valence-electron chi connectivity index (χ2n) is 4.68. The number of imidazole rings is 1. The van der Waals surface area contributed by atoms with E-state index in [1.165, 1.54) is 5.56 Å². The zero-order chi connectivity index (χ0) is 14.1. The van der Waals surface area contributed by atoms with E-state index in [1.54, 1.807) is 11.3 Å². The lowest BCUT2D eigenvalue weighted by molar-refractivity contribution is 0.533. The minimum Gasteiger partial charge on any atom is -0.331 e. The molecule has 0 amide bonds. The van der Waals surface area contributed by atoms with Gasteiger partial charge in [-0.2, -0.15) is 0 Å². The van der Waals surface area contributed by atoms with Crippen LogP contribution in [0.1, 0.15) is 17.4 Å². The highest BCUT2D eigenvalue weighted by atomic mass is 79.9. The molecule has 0 bridgehead atoms. The first kappa shape index (κ1) is 13.8. The standard InChI is InChI=1S/C14H15BrN4S/c1-19-12-5-3-2-4-10(12)17-14(19)7-11(18-16)9-6-13(15)20-8-9/h2-6,8,11,18H,7,16H2,1H3. The molecule has 1 aromatic carbocycles. The quantitative estimate of drug-likeness (QED) is 0.561. The maximum atomic E-state index is 5.71. The Balaban J connectivity index is 1.93. The van der Waals surface area contributed by atoms with Crippen LogP contribution in [0.2, 0.25) is 0 Å². The van der Waals surface area contributed by atoms with Crippen LogP contribution in [0.3, 0.4) is 0 Å². The van der Waals surface area contributed by atoms with Crippen LogP contribution >= 0.6 is 27.3 Å². The zero-order valence-corrected chi connectivity index (χ0v) is 13.4. The van der Waals surface area contributed by atoms with Gasteiger partial charge in [-0.3, -0.25) is 11.3 Å². The summed E-state index contributed by atoms with van der Waals surface area (Å²) in [6.07, 6.45) is 0.755. The molecule has 3 N–H and O–H groups in total. The van der Waals surface area contributed by atoms with Gasteiger partial charge in [-0.05, 0) is 45.1 Å². The molecule has 104 valence electrons. The average molecular weight is 351 g/mol. The number of hydrogen-bond donors (Lipinski definition) is 2. The zero-order valence-electron chi connectivity index (χ0n) is 11.0. The number of aromatic nitrogens is 2. The molecule has 3 aromatic rings. The number of thiophene rings is 1. The molecule has 0 spiro atoms. The van der Waals surface area contributed by atoms with Crippen LogP contribution in [0, 0.1) is 0 Å². The summed E-state index contributed by atoms with van der Waals surface area (Å²) in [5.74, 6) is 6.73. The number of benzene rings is 1. The Morgan fingerprint density at radius 2 is 2.25 bits per heavy atom. The van der Waals surface area contributed by atoms with Crippen molar-refractivity contribution in [2.24, 2.45) is 12.9 Å². The highest BCUT2D eigenvalue weighted by Gasteiger charge is 2.16. The van der Waals surface area contributed by atoms with E-state index < -0.39 is 0 Å². The Hall–Kier alpha value is -1.21. The van der Waals surface area contributed by atoms with Crippen molar-refractivity contribution in [3.05, 3.63) is 50.9 Å². The molecule has 2 heterocycles. The molecule has 0 saturated carbocycles. The first-order valence-electron chi connectivity index (χ1n) is 6.29. The number of nitrogens with zero attached hydrogens (tertiary/aromatic N) is 2. The number of rotatable bonds is 4. The monoisotopic (exact) mass is 350 g/mol. The minimum absolute atomic E-state index is 0.0630. The minimum atomic E-state index is 0.0630. The number of hydrazine groups is 1. The Kier molecular flexibility index (Phi) is 3.89. The number of aryl methyl sites for hydroxylation is 1. The molecule has 3 rings (SSSR count). The van der Waals surface area contributed by atoms with Crippen LogP contribution in [0.4, 0.5) is 0 Å². The van der Waals surface area contributed by atoms with Gasteiger partial charge in [0.1, 0.15) is 5.82 Å². The van der Waals surface area contributed by atoms with E-state index in [4.69, 9.17) is 10.8 Å². The fourth-order valence-corrected chi connectivity index (χ4v) is 3.57. The van der Waals surface area contributed by atoms with E-state index in [-0.39, 0.29) is 6.04 Å². The van der Waals surface area contributed by atoms with Crippen LogP contribution in [0.15, 0.2) is 39.5 Å². The summed E-state index contributed by atoms with van der Waals surface area (Å²) in [6.45, 7) is 0. The van der Waals surface area contributed by atoms with Gasteiger partial charge < -0.3 is 4.57 Å². The summed E-state index contributed by atoms with van der Waals surface area (Å²) in [7, 11) is 2.04. The van der Waals surface area contributed by atoms with Crippen molar-refractivity contribution in [2.75, 3.05) is 0 Å². The average Bonchev–Trinajstić information content (AvgIpc) is 3.01. The van der Waals surface area contributed by atoms with E-state index in [0.29, 0.717) is 0 Å². The van der Waals surface area contributed by atoms with Crippen LogP contribution in [-0.2, 0) is 13.5 Å². The second kappa shape index (κ2) is 5.65. The molecule has 0 aliphatic heterocycles. The molecular formula is C14H15BrN4S. The summed E-state index contributed by atoms with van der Waals surface area (Å²) in [4.78, 5) is 4.69. The first-order valence-corrected chi connectivity index (χ1v) is 7.96. The molecule has 0 saturated heterocycles. The van der Waals surface area contributed by atoms with Crippen molar-refractivity contribution < 1.29 is 0 Å². The lowest BCUT2D eigenvalue weighted by Crippen LogP contribution is -2.30. The molecule has 2 aromatic heterocycles. The molecule has 1 unspecified atom stereocenters. The number of fused-ring (bicyclic) bond motifs is 1. The van der Waals surface area contributed by atoms with Crippen LogP contribution in [-0.4, -0.2) is 9.55 Å². The lowest BCUT2D eigenvalue weighted by Gasteiger charge is -2.14. The predicted octanol–water partition coefficient (Wildman–Crippen LogP) is 3.14. The van der Waals surface area contributed by atoms with E-state index in [0.717, 1.165) is 27.1 Å². The Morgan fingerprint density at radius 1 is 1.45 bits per heavy atom. The number of para-hydroxylation sites is 2. The molecule has 0 fully saturated rings. The van der Waals surface area contributed by atoms with Gasteiger partial charge in [0.15, 0.2) is 0 Å². The van der Waals surface area contributed by atoms with Gasteiger partial charge in [-0.25, -0.2) is 4.98 Å². The highest BCUT2D eigenvalue weighted by Crippen LogP contribution is 2.27.